The Hall–Kier alpha value is -2.17. The zero-order valence-corrected chi connectivity index (χ0v) is 15.7. The first-order valence-electron chi connectivity index (χ1n) is 9.36. The van der Waals surface area contributed by atoms with Crippen molar-refractivity contribution >= 4 is 5.78 Å². The number of benzene rings is 2. The van der Waals surface area contributed by atoms with Gasteiger partial charge in [-0.2, -0.15) is 0 Å². The van der Waals surface area contributed by atoms with Crippen molar-refractivity contribution in [2.75, 3.05) is 33.3 Å². The minimum absolute atomic E-state index is 0.139. The van der Waals surface area contributed by atoms with Gasteiger partial charge in [0.15, 0.2) is 5.78 Å². The number of hydrogen-bond acceptors (Lipinski definition) is 4. The first-order valence-corrected chi connectivity index (χ1v) is 9.36. The van der Waals surface area contributed by atoms with Crippen LogP contribution in [0.15, 0.2) is 48.5 Å². The van der Waals surface area contributed by atoms with Gasteiger partial charge in [-0.05, 0) is 50.6 Å². The number of likely N-dealkylation sites (tertiary alicyclic amines) is 1. The highest BCUT2D eigenvalue weighted by Crippen LogP contribution is 2.26. The summed E-state index contributed by atoms with van der Waals surface area (Å²) < 4.78 is 5.27. The Kier molecular flexibility index (Phi) is 6.42. The predicted octanol–water partition coefficient (Wildman–Crippen LogP) is 3.61. The van der Waals surface area contributed by atoms with E-state index in [0.29, 0.717) is 6.54 Å². The van der Waals surface area contributed by atoms with Gasteiger partial charge in [0.05, 0.1) is 13.7 Å². The van der Waals surface area contributed by atoms with Gasteiger partial charge < -0.3 is 10.1 Å². The van der Waals surface area contributed by atoms with Crippen molar-refractivity contribution in [1.29, 1.82) is 0 Å². The molecule has 4 nitrogen and oxygen atoms in total. The molecule has 1 saturated heterocycles. The zero-order chi connectivity index (χ0) is 18.4. The number of ether oxygens (including phenoxy) is 1. The van der Waals surface area contributed by atoms with E-state index in [9.17, 15) is 4.79 Å². The van der Waals surface area contributed by atoms with Crippen LogP contribution in [-0.2, 0) is 0 Å². The molecule has 1 unspecified atom stereocenters. The van der Waals surface area contributed by atoms with Gasteiger partial charge >= 0.3 is 0 Å². The van der Waals surface area contributed by atoms with Gasteiger partial charge in [0, 0.05) is 18.2 Å². The van der Waals surface area contributed by atoms with E-state index in [1.807, 2.05) is 43.3 Å². The summed E-state index contributed by atoms with van der Waals surface area (Å²) in [5.41, 5.74) is 3.20. The number of Topliss-reactive ketones (excluding diaryl/α,β-unsaturated/α-hetero) is 1. The maximum atomic E-state index is 12.4. The average molecular weight is 352 g/mol. The fourth-order valence-corrected chi connectivity index (χ4v) is 3.50. The summed E-state index contributed by atoms with van der Waals surface area (Å²) in [6, 6.07) is 16.3. The predicted molar refractivity (Wildman–Crippen MR) is 105 cm³/mol. The zero-order valence-electron chi connectivity index (χ0n) is 15.7. The quantitative estimate of drug-likeness (QED) is 0.737. The van der Waals surface area contributed by atoms with Crippen LogP contribution in [0.1, 0.15) is 40.4 Å². The van der Waals surface area contributed by atoms with Gasteiger partial charge in [0.25, 0.3) is 0 Å². The Morgan fingerprint density at radius 3 is 2.35 bits per heavy atom. The molecule has 1 heterocycles. The highest BCUT2D eigenvalue weighted by atomic mass is 16.5. The molecule has 3 rings (SSSR count). The third kappa shape index (κ3) is 4.71. The Bertz CT molecular complexity index is 704. The van der Waals surface area contributed by atoms with Crippen LogP contribution < -0.4 is 10.1 Å². The smallest absolute Gasteiger partial charge is 0.176 e. The Morgan fingerprint density at radius 1 is 1.08 bits per heavy atom. The topological polar surface area (TPSA) is 41.6 Å². The van der Waals surface area contributed by atoms with Crippen LogP contribution in [-0.4, -0.2) is 44.0 Å². The van der Waals surface area contributed by atoms with Gasteiger partial charge in [-0.3, -0.25) is 9.69 Å². The summed E-state index contributed by atoms with van der Waals surface area (Å²) in [7, 11) is 1.69. The lowest BCUT2D eigenvalue weighted by atomic mass is 10.0. The lowest BCUT2D eigenvalue weighted by molar-refractivity contribution is 0.0987. The second-order valence-corrected chi connectivity index (χ2v) is 6.95. The molecular formula is C22H28N2O2. The molecule has 0 radical (unpaired) electrons. The standard InChI is InChI=1S/C22H28N2O2/c1-17-5-7-19(8-6-17)22(25)16-23-15-21(24-13-3-4-14-24)18-9-11-20(26-2)12-10-18/h5-12,21,23H,3-4,13-16H2,1-2H3. The number of carbonyl (C=O) groups excluding carboxylic acids is 1. The summed E-state index contributed by atoms with van der Waals surface area (Å²) in [5.74, 6) is 1.01. The van der Waals surface area contributed by atoms with E-state index in [1.54, 1.807) is 7.11 Å². The molecule has 1 N–H and O–H groups in total. The van der Waals surface area contributed by atoms with Crippen LogP contribution in [0.3, 0.4) is 0 Å². The minimum Gasteiger partial charge on any atom is -0.497 e. The number of aryl methyl sites for hydroxylation is 1. The summed E-state index contributed by atoms with van der Waals surface area (Å²) in [5, 5.41) is 3.38. The molecule has 2 aromatic carbocycles. The van der Waals surface area contributed by atoms with Crippen LogP contribution in [0, 0.1) is 6.92 Å². The van der Waals surface area contributed by atoms with E-state index in [2.05, 4.69) is 22.3 Å². The van der Waals surface area contributed by atoms with Crippen LogP contribution in [0.25, 0.3) is 0 Å². The van der Waals surface area contributed by atoms with Crippen molar-refractivity contribution in [1.82, 2.24) is 10.2 Å². The molecular weight excluding hydrogens is 324 g/mol. The third-order valence-corrected chi connectivity index (χ3v) is 5.08. The Morgan fingerprint density at radius 2 is 1.73 bits per heavy atom. The second kappa shape index (κ2) is 8.97. The van der Waals surface area contributed by atoms with Gasteiger partial charge in [0.2, 0.25) is 0 Å². The van der Waals surface area contributed by atoms with Crippen LogP contribution >= 0.6 is 0 Å². The molecule has 1 fully saturated rings. The van der Waals surface area contributed by atoms with Crippen LogP contribution in [0.5, 0.6) is 5.75 Å². The first kappa shape index (κ1) is 18.6. The van der Waals surface area contributed by atoms with Gasteiger partial charge in [-0.25, -0.2) is 0 Å². The van der Waals surface area contributed by atoms with Crippen molar-refractivity contribution < 1.29 is 9.53 Å². The fraction of sp³-hybridized carbons (Fsp3) is 0.409. The normalized spacial score (nSPS) is 15.8. The minimum atomic E-state index is 0.139. The fourth-order valence-electron chi connectivity index (χ4n) is 3.50. The van der Waals surface area contributed by atoms with E-state index < -0.39 is 0 Å². The van der Waals surface area contributed by atoms with Gasteiger partial charge in [0.1, 0.15) is 5.75 Å². The van der Waals surface area contributed by atoms with E-state index in [4.69, 9.17) is 4.74 Å². The monoisotopic (exact) mass is 352 g/mol. The maximum Gasteiger partial charge on any atom is 0.176 e. The van der Waals surface area contributed by atoms with Crippen LogP contribution in [0.2, 0.25) is 0 Å². The lowest BCUT2D eigenvalue weighted by Gasteiger charge is -2.28. The van der Waals surface area contributed by atoms with E-state index in [-0.39, 0.29) is 11.8 Å². The summed E-state index contributed by atoms with van der Waals surface area (Å²) in [4.78, 5) is 14.9. The Labute approximate surface area is 156 Å². The van der Waals surface area contributed by atoms with Gasteiger partial charge in [-0.1, -0.05) is 42.0 Å². The largest absolute Gasteiger partial charge is 0.497 e. The third-order valence-electron chi connectivity index (χ3n) is 5.08. The van der Waals surface area contributed by atoms with E-state index in [1.165, 1.54) is 24.0 Å². The SMILES string of the molecule is COc1ccc(C(CNCC(=O)c2ccc(C)cc2)N2CCCC2)cc1. The number of rotatable bonds is 8. The second-order valence-electron chi connectivity index (χ2n) is 6.95. The molecule has 0 spiro atoms. The molecule has 1 atom stereocenters. The maximum absolute atomic E-state index is 12.4. The summed E-state index contributed by atoms with van der Waals surface area (Å²) >= 11 is 0. The molecule has 0 saturated carbocycles. The molecule has 2 aromatic rings. The van der Waals surface area contributed by atoms with Gasteiger partial charge in [-0.15, -0.1) is 0 Å². The summed E-state index contributed by atoms with van der Waals surface area (Å²) in [6.07, 6.45) is 2.49. The van der Waals surface area contributed by atoms with Crippen molar-refractivity contribution in [2.24, 2.45) is 0 Å². The van der Waals surface area contributed by atoms with Crippen LogP contribution in [0.4, 0.5) is 0 Å². The molecule has 1 aliphatic rings. The van der Waals surface area contributed by atoms with E-state index in [0.717, 1.165) is 30.9 Å². The van der Waals surface area contributed by atoms with E-state index >= 15 is 0 Å². The highest BCUT2D eigenvalue weighted by molar-refractivity contribution is 5.97. The molecule has 0 aromatic heterocycles. The van der Waals surface area contributed by atoms with Crippen molar-refractivity contribution in [3.05, 3.63) is 65.2 Å². The number of hydrogen-bond donors (Lipinski definition) is 1. The molecule has 0 bridgehead atoms. The highest BCUT2D eigenvalue weighted by Gasteiger charge is 2.23. The number of carbonyl (C=O) groups is 1. The summed E-state index contributed by atoms with van der Waals surface area (Å²) in [6.45, 7) is 5.39. The Balaban J connectivity index is 1.62. The number of nitrogens with one attached hydrogen (secondary N) is 1. The van der Waals surface area contributed by atoms with Crippen molar-refractivity contribution in [3.63, 3.8) is 0 Å². The van der Waals surface area contributed by atoms with Crippen molar-refractivity contribution in [3.8, 4) is 5.75 Å². The lowest BCUT2D eigenvalue weighted by Crippen LogP contribution is -2.36. The van der Waals surface area contributed by atoms with Crippen molar-refractivity contribution in [2.45, 2.75) is 25.8 Å². The number of nitrogens with zero attached hydrogens (tertiary/aromatic N) is 1. The number of ketones is 1. The average Bonchev–Trinajstić information content (AvgIpc) is 3.20. The molecule has 138 valence electrons. The first-order chi connectivity index (χ1) is 12.7. The molecule has 4 heteroatoms. The number of methoxy groups -OCH3 is 1. The molecule has 0 amide bonds. The molecule has 1 aliphatic heterocycles. The molecule has 26 heavy (non-hydrogen) atoms. The molecule has 0 aliphatic carbocycles.